The smallest absolute Gasteiger partial charge is 0.243 e. The summed E-state index contributed by atoms with van der Waals surface area (Å²) in [4.78, 5) is 9.05. The standard InChI is InChI=1S/C29H31ClN4O3S/c1-32(38(36,37)29-7-2-4-23-20-31-13-12-28(23)29)26(18-22-8-10-27(35)11-9-22)21-33-14-16-34(17-15-33)25-6-3-5-24(30)19-25/h2-13,19-20,26,35H,14-18,21H2,1H3. The Hall–Kier alpha value is -3.17. The summed E-state index contributed by atoms with van der Waals surface area (Å²) in [6, 6.07) is 21.6. The van der Waals surface area contributed by atoms with Gasteiger partial charge in [0, 0.05) is 79.7 Å². The van der Waals surface area contributed by atoms with Gasteiger partial charge in [0.2, 0.25) is 10.0 Å². The van der Waals surface area contributed by atoms with Crippen LogP contribution in [0, 0.1) is 0 Å². The van der Waals surface area contributed by atoms with Crippen LogP contribution in [0.1, 0.15) is 5.56 Å². The van der Waals surface area contributed by atoms with Crippen molar-refractivity contribution >= 4 is 38.1 Å². The molecule has 3 aromatic carbocycles. The summed E-state index contributed by atoms with van der Waals surface area (Å²) in [5.41, 5.74) is 2.07. The number of benzene rings is 3. The third kappa shape index (κ3) is 5.78. The molecule has 0 spiro atoms. The van der Waals surface area contributed by atoms with Crippen molar-refractivity contribution in [1.82, 2.24) is 14.2 Å². The maximum absolute atomic E-state index is 14.0. The number of phenolic OH excluding ortho intramolecular Hbond substituents is 1. The number of aromatic nitrogens is 1. The number of nitrogens with zero attached hydrogens (tertiary/aromatic N) is 4. The largest absolute Gasteiger partial charge is 0.508 e. The number of sulfonamides is 1. The van der Waals surface area contributed by atoms with Crippen LogP contribution in [0.5, 0.6) is 5.75 Å². The number of aromatic hydroxyl groups is 1. The average molecular weight is 551 g/mol. The van der Waals surface area contributed by atoms with E-state index in [1.807, 2.05) is 36.4 Å². The highest BCUT2D eigenvalue weighted by atomic mass is 35.5. The van der Waals surface area contributed by atoms with Gasteiger partial charge in [-0.25, -0.2) is 8.42 Å². The quantitative estimate of drug-likeness (QED) is 0.344. The van der Waals surface area contributed by atoms with Crippen LogP contribution in [0.15, 0.2) is 90.1 Å². The van der Waals surface area contributed by atoms with E-state index in [1.165, 1.54) is 4.31 Å². The fraction of sp³-hybridized carbons (Fsp3) is 0.276. The number of rotatable bonds is 8. The number of anilines is 1. The van der Waals surface area contributed by atoms with Crippen molar-refractivity contribution in [2.24, 2.45) is 0 Å². The van der Waals surface area contributed by atoms with Crippen LogP contribution in [0.25, 0.3) is 10.8 Å². The van der Waals surface area contributed by atoms with Gasteiger partial charge in [-0.1, -0.05) is 41.9 Å². The molecule has 4 aromatic rings. The number of phenols is 1. The molecule has 1 unspecified atom stereocenters. The SMILES string of the molecule is CN(C(Cc1ccc(O)cc1)CN1CCN(c2cccc(Cl)c2)CC1)S(=O)(=O)c1cccc2cnccc12. The van der Waals surface area contributed by atoms with Gasteiger partial charge in [-0.05, 0) is 54.4 Å². The van der Waals surface area contributed by atoms with Gasteiger partial charge in [0.15, 0.2) is 0 Å². The molecular formula is C29H31ClN4O3S. The normalized spacial score (nSPS) is 15.7. The van der Waals surface area contributed by atoms with Crippen LogP contribution in [-0.2, 0) is 16.4 Å². The Morgan fingerprint density at radius 2 is 1.74 bits per heavy atom. The van der Waals surface area contributed by atoms with E-state index in [0.717, 1.165) is 47.8 Å². The van der Waals surface area contributed by atoms with E-state index in [0.29, 0.717) is 18.4 Å². The van der Waals surface area contributed by atoms with Crippen LogP contribution >= 0.6 is 11.6 Å². The fourth-order valence-corrected chi connectivity index (χ4v) is 6.78. The van der Waals surface area contributed by atoms with Crippen LogP contribution in [0.4, 0.5) is 5.69 Å². The van der Waals surface area contributed by atoms with Crippen molar-refractivity contribution < 1.29 is 13.5 Å². The zero-order chi connectivity index (χ0) is 26.7. The lowest BCUT2D eigenvalue weighted by molar-refractivity contribution is 0.200. The molecule has 9 heteroatoms. The van der Waals surface area contributed by atoms with Crippen molar-refractivity contribution in [2.75, 3.05) is 44.7 Å². The molecule has 198 valence electrons. The molecule has 1 aliphatic heterocycles. The molecule has 1 aliphatic rings. The van der Waals surface area contributed by atoms with Crippen LogP contribution in [0.2, 0.25) is 5.02 Å². The number of fused-ring (bicyclic) bond motifs is 1. The summed E-state index contributed by atoms with van der Waals surface area (Å²) in [7, 11) is -2.13. The first-order valence-corrected chi connectivity index (χ1v) is 14.4. The Bertz CT molecular complexity index is 1500. The number of pyridine rings is 1. The zero-order valence-corrected chi connectivity index (χ0v) is 22.8. The molecule has 1 atom stereocenters. The van der Waals surface area contributed by atoms with Gasteiger partial charge in [0.25, 0.3) is 0 Å². The Labute approximate surface area is 228 Å². The highest BCUT2D eigenvalue weighted by Crippen LogP contribution is 2.27. The molecule has 7 nitrogen and oxygen atoms in total. The molecule has 0 bridgehead atoms. The summed E-state index contributed by atoms with van der Waals surface area (Å²) in [6.07, 6.45) is 3.83. The van der Waals surface area contributed by atoms with Gasteiger partial charge in [-0.3, -0.25) is 9.88 Å². The predicted octanol–water partition coefficient (Wildman–Crippen LogP) is 4.65. The van der Waals surface area contributed by atoms with E-state index in [1.54, 1.807) is 49.8 Å². The van der Waals surface area contributed by atoms with E-state index in [4.69, 9.17) is 11.6 Å². The Morgan fingerprint density at radius 1 is 1.00 bits per heavy atom. The highest BCUT2D eigenvalue weighted by molar-refractivity contribution is 7.89. The van der Waals surface area contributed by atoms with E-state index in [9.17, 15) is 13.5 Å². The molecule has 1 saturated heterocycles. The van der Waals surface area contributed by atoms with Gasteiger partial charge in [-0.15, -0.1) is 0 Å². The molecule has 5 rings (SSSR count). The summed E-state index contributed by atoms with van der Waals surface area (Å²) in [5, 5.41) is 11.9. The van der Waals surface area contributed by atoms with Crippen LogP contribution < -0.4 is 4.90 Å². The second-order valence-corrected chi connectivity index (χ2v) is 12.1. The van der Waals surface area contributed by atoms with E-state index in [2.05, 4.69) is 20.9 Å². The Morgan fingerprint density at radius 3 is 2.47 bits per heavy atom. The van der Waals surface area contributed by atoms with E-state index in [-0.39, 0.29) is 16.7 Å². The topological polar surface area (TPSA) is 77.0 Å². The minimum absolute atomic E-state index is 0.188. The van der Waals surface area contributed by atoms with Crippen molar-refractivity contribution in [3.05, 3.63) is 95.8 Å². The van der Waals surface area contributed by atoms with E-state index >= 15 is 0 Å². The number of hydrogen-bond donors (Lipinski definition) is 1. The summed E-state index contributed by atoms with van der Waals surface area (Å²) >= 11 is 6.19. The number of likely N-dealkylation sites (N-methyl/N-ethyl adjacent to an activating group) is 1. The molecule has 38 heavy (non-hydrogen) atoms. The maximum Gasteiger partial charge on any atom is 0.243 e. The van der Waals surface area contributed by atoms with Gasteiger partial charge >= 0.3 is 0 Å². The van der Waals surface area contributed by atoms with Crippen molar-refractivity contribution in [3.8, 4) is 5.75 Å². The second kappa shape index (κ2) is 11.3. The van der Waals surface area contributed by atoms with Crippen molar-refractivity contribution in [3.63, 3.8) is 0 Å². The number of halogens is 1. The molecule has 2 heterocycles. The molecule has 0 amide bonds. The third-order valence-electron chi connectivity index (χ3n) is 7.23. The lowest BCUT2D eigenvalue weighted by Crippen LogP contribution is -2.52. The number of hydrogen-bond acceptors (Lipinski definition) is 6. The minimum atomic E-state index is -3.80. The lowest BCUT2D eigenvalue weighted by Gasteiger charge is -2.39. The van der Waals surface area contributed by atoms with Gasteiger partial charge in [0.05, 0.1) is 4.90 Å². The van der Waals surface area contributed by atoms with Crippen LogP contribution in [-0.4, -0.2) is 73.5 Å². The molecule has 0 saturated carbocycles. The Kier molecular flexibility index (Phi) is 7.85. The lowest BCUT2D eigenvalue weighted by atomic mass is 10.0. The monoisotopic (exact) mass is 550 g/mol. The maximum atomic E-state index is 14.0. The molecule has 0 aliphatic carbocycles. The second-order valence-electron chi connectivity index (χ2n) is 9.67. The molecule has 0 radical (unpaired) electrons. The van der Waals surface area contributed by atoms with Gasteiger partial charge < -0.3 is 10.0 Å². The van der Waals surface area contributed by atoms with Gasteiger partial charge in [-0.2, -0.15) is 4.31 Å². The first-order chi connectivity index (χ1) is 18.3. The average Bonchev–Trinajstić information content (AvgIpc) is 2.93. The van der Waals surface area contributed by atoms with Crippen LogP contribution in [0.3, 0.4) is 0 Å². The molecular weight excluding hydrogens is 520 g/mol. The van der Waals surface area contributed by atoms with Crippen molar-refractivity contribution in [1.29, 1.82) is 0 Å². The fourth-order valence-electron chi connectivity index (χ4n) is 5.04. The molecule has 1 aromatic heterocycles. The first kappa shape index (κ1) is 26.4. The predicted molar refractivity (Wildman–Crippen MR) is 152 cm³/mol. The highest BCUT2D eigenvalue weighted by Gasteiger charge is 2.31. The summed E-state index contributed by atoms with van der Waals surface area (Å²) in [6.45, 7) is 3.88. The number of piperazine rings is 1. The van der Waals surface area contributed by atoms with Crippen molar-refractivity contribution in [2.45, 2.75) is 17.4 Å². The van der Waals surface area contributed by atoms with E-state index < -0.39 is 10.0 Å². The molecule has 1 N–H and O–H groups in total. The third-order valence-corrected chi connectivity index (χ3v) is 9.44. The minimum Gasteiger partial charge on any atom is -0.508 e. The first-order valence-electron chi connectivity index (χ1n) is 12.6. The Balaban J connectivity index is 1.38. The summed E-state index contributed by atoms with van der Waals surface area (Å²) in [5.74, 6) is 0.188. The zero-order valence-electron chi connectivity index (χ0n) is 21.2. The summed E-state index contributed by atoms with van der Waals surface area (Å²) < 4.78 is 29.4. The van der Waals surface area contributed by atoms with Gasteiger partial charge in [0.1, 0.15) is 5.75 Å². The molecule has 1 fully saturated rings.